The molecular weight excluding hydrogens is 386 g/mol. The molecule has 2 heterocycles. The molecule has 0 bridgehead atoms. The Morgan fingerprint density at radius 3 is 2.39 bits per heavy atom. The zero-order chi connectivity index (χ0) is 21.3. The molecule has 1 fully saturated rings. The van der Waals surface area contributed by atoms with E-state index in [-0.39, 0.29) is 11.9 Å². The molecule has 0 unspecified atom stereocenters. The monoisotopic (exact) mass is 417 g/mol. The maximum atomic E-state index is 12.8. The van der Waals surface area contributed by atoms with Crippen LogP contribution in [0.4, 0.5) is 0 Å². The Kier molecular flexibility index (Phi) is 7.32. The van der Waals surface area contributed by atoms with Gasteiger partial charge in [0.15, 0.2) is 18.3 Å². The van der Waals surface area contributed by atoms with Gasteiger partial charge in [-0.25, -0.2) is 0 Å². The average molecular weight is 418 g/mol. The van der Waals surface area contributed by atoms with Crippen LogP contribution in [0.1, 0.15) is 22.9 Å². The van der Waals surface area contributed by atoms with Crippen molar-refractivity contribution >= 4 is 12.0 Å². The second-order valence-corrected chi connectivity index (χ2v) is 7.99. The highest BCUT2D eigenvalue weighted by Crippen LogP contribution is 2.18. The molecule has 0 spiro atoms. The second-order valence-electron chi connectivity index (χ2n) is 7.99. The quantitative estimate of drug-likeness (QED) is 0.582. The lowest BCUT2D eigenvalue weighted by molar-refractivity contribution is -0.898. The van der Waals surface area contributed by atoms with E-state index >= 15 is 0 Å². The van der Waals surface area contributed by atoms with Crippen LogP contribution < -0.4 is 10.2 Å². The van der Waals surface area contributed by atoms with Crippen LogP contribution in [0.2, 0.25) is 0 Å². The van der Waals surface area contributed by atoms with Crippen molar-refractivity contribution < 1.29 is 19.4 Å². The molecule has 1 aromatic heterocycles. The van der Waals surface area contributed by atoms with Gasteiger partial charge in [-0.2, -0.15) is 0 Å². The van der Waals surface area contributed by atoms with Crippen molar-refractivity contribution in [1.82, 2.24) is 4.90 Å². The zero-order valence-corrected chi connectivity index (χ0v) is 17.8. The molecule has 1 aliphatic rings. The lowest BCUT2D eigenvalue weighted by Crippen LogP contribution is -3.14. The first-order valence-corrected chi connectivity index (χ1v) is 11.0. The minimum absolute atomic E-state index is 0.00446. The van der Waals surface area contributed by atoms with Gasteiger partial charge in [0.25, 0.3) is 5.91 Å². The first kappa shape index (κ1) is 21.1. The number of nitrogens with zero attached hydrogens (tertiary/aromatic N) is 1. The molecule has 1 saturated heterocycles. The largest absolute Gasteiger partial charge is 0.463 e. The molecule has 2 aromatic carbocycles. The van der Waals surface area contributed by atoms with Crippen molar-refractivity contribution in [3.63, 3.8) is 0 Å². The minimum Gasteiger partial charge on any atom is -0.463 e. The summed E-state index contributed by atoms with van der Waals surface area (Å²) in [7, 11) is 0. The van der Waals surface area contributed by atoms with E-state index in [0.29, 0.717) is 6.54 Å². The van der Waals surface area contributed by atoms with Crippen molar-refractivity contribution in [2.45, 2.75) is 6.04 Å². The lowest BCUT2D eigenvalue weighted by Gasteiger charge is -2.31. The van der Waals surface area contributed by atoms with Crippen LogP contribution in [-0.2, 0) is 4.79 Å². The molecule has 1 amide bonds. The molecule has 5 nitrogen and oxygen atoms in total. The Morgan fingerprint density at radius 1 is 1.00 bits per heavy atom. The van der Waals surface area contributed by atoms with Crippen LogP contribution in [-0.4, -0.2) is 50.1 Å². The molecule has 3 N–H and O–H groups in total. The number of quaternary nitrogens is 2. The third kappa shape index (κ3) is 5.94. The van der Waals surface area contributed by atoms with Crippen LogP contribution in [0, 0.1) is 0 Å². The SMILES string of the molecule is O=C(C[NH2+][C@@H](c1ccccc1)c1ccco1)N1CC[NH+](C/C=C/c2ccccc2)CC1. The molecule has 160 valence electrons. The average Bonchev–Trinajstić information content (AvgIpc) is 3.36. The van der Waals surface area contributed by atoms with Crippen molar-refractivity contribution in [2.75, 3.05) is 39.3 Å². The van der Waals surface area contributed by atoms with Crippen molar-refractivity contribution in [3.05, 3.63) is 102 Å². The number of amides is 1. The number of hydrogen-bond acceptors (Lipinski definition) is 2. The van der Waals surface area contributed by atoms with E-state index < -0.39 is 0 Å². The maximum Gasteiger partial charge on any atom is 0.278 e. The smallest absolute Gasteiger partial charge is 0.278 e. The van der Waals surface area contributed by atoms with Gasteiger partial charge in [0.1, 0.15) is 0 Å². The Morgan fingerprint density at radius 2 is 1.71 bits per heavy atom. The van der Waals surface area contributed by atoms with Crippen LogP contribution in [0.5, 0.6) is 0 Å². The van der Waals surface area contributed by atoms with Gasteiger partial charge in [0.2, 0.25) is 0 Å². The summed E-state index contributed by atoms with van der Waals surface area (Å²) in [5.41, 5.74) is 2.38. The molecule has 0 saturated carbocycles. The third-order valence-corrected chi connectivity index (χ3v) is 5.88. The summed E-state index contributed by atoms with van der Waals surface area (Å²) in [6.07, 6.45) is 6.11. The summed E-state index contributed by atoms with van der Waals surface area (Å²) < 4.78 is 5.65. The second kappa shape index (κ2) is 10.8. The van der Waals surface area contributed by atoms with Gasteiger partial charge in [0.05, 0.1) is 39.0 Å². The fourth-order valence-corrected chi connectivity index (χ4v) is 4.10. The van der Waals surface area contributed by atoms with Crippen LogP contribution in [0.25, 0.3) is 6.08 Å². The predicted molar refractivity (Wildman–Crippen MR) is 121 cm³/mol. The van der Waals surface area contributed by atoms with Crippen LogP contribution in [0.15, 0.2) is 89.6 Å². The van der Waals surface area contributed by atoms with Gasteiger partial charge in [-0.1, -0.05) is 66.7 Å². The fourth-order valence-electron chi connectivity index (χ4n) is 4.10. The Bertz CT molecular complexity index is 947. The molecular formula is C26H31N3O2+2. The van der Waals surface area contributed by atoms with Crippen molar-refractivity contribution in [1.29, 1.82) is 0 Å². The predicted octanol–water partition coefficient (Wildman–Crippen LogP) is 1.37. The molecule has 4 rings (SSSR count). The number of furan rings is 1. The van der Waals surface area contributed by atoms with E-state index in [1.54, 1.807) is 6.26 Å². The molecule has 0 aliphatic carbocycles. The third-order valence-electron chi connectivity index (χ3n) is 5.88. The van der Waals surface area contributed by atoms with Gasteiger partial charge in [-0.15, -0.1) is 0 Å². The first-order valence-electron chi connectivity index (χ1n) is 11.0. The summed E-state index contributed by atoms with van der Waals surface area (Å²) >= 11 is 0. The van der Waals surface area contributed by atoms with E-state index in [4.69, 9.17) is 4.42 Å². The number of nitrogens with one attached hydrogen (secondary N) is 1. The highest BCUT2D eigenvalue weighted by molar-refractivity contribution is 5.77. The van der Waals surface area contributed by atoms with Crippen LogP contribution in [0.3, 0.4) is 0 Å². The van der Waals surface area contributed by atoms with E-state index in [1.807, 2.05) is 41.3 Å². The van der Waals surface area contributed by atoms with Crippen molar-refractivity contribution in [3.8, 4) is 0 Å². The molecule has 31 heavy (non-hydrogen) atoms. The van der Waals surface area contributed by atoms with E-state index in [1.165, 1.54) is 10.5 Å². The summed E-state index contributed by atoms with van der Waals surface area (Å²) in [4.78, 5) is 16.4. The number of carbonyl (C=O) groups excluding carboxylic acids is 1. The van der Waals surface area contributed by atoms with Gasteiger partial charge >= 0.3 is 0 Å². The van der Waals surface area contributed by atoms with E-state index in [0.717, 1.165) is 44.0 Å². The normalized spacial score (nSPS) is 15.9. The fraction of sp³-hybridized carbons (Fsp3) is 0.269. The number of nitrogens with two attached hydrogens (primary N) is 1. The molecule has 3 aromatic rings. The Labute approximate surface area is 184 Å². The summed E-state index contributed by atoms with van der Waals surface area (Å²) in [6, 6.07) is 24.5. The number of carbonyl (C=O) groups is 1. The highest BCUT2D eigenvalue weighted by atomic mass is 16.3. The minimum atomic E-state index is -0.00446. The summed E-state index contributed by atoms with van der Waals surface area (Å²) in [6.45, 7) is 5.04. The number of rotatable bonds is 8. The maximum absolute atomic E-state index is 12.8. The summed E-state index contributed by atoms with van der Waals surface area (Å²) in [5.74, 6) is 1.07. The molecule has 1 atom stereocenters. The van der Waals surface area contributed by atoms with E-state index in [2.05, 4.69) is 53.9 Å². The van der Waals surface area contributed by atoms with Gasteiger partial charge in [-0.05, 0) is 23.8 Å². The Hall–Kier alpha value is -3.15. The van der Waals surface area contributed by atoms with Gasteiger partial charge in [0, 0.05) is 5.56 Å². The summed E-state index contributed by atoms with van der Waals surface area (Å²) in [5, 5.41) is 2.08. The van der Waals surface area contributed by atoms with Crippen LogP contribution >= 0.6 is 0 Å². The molecule has 1 aliphatic heterocycles. The standard InChI is InChI=1S/C26H29N3O2/c30-25(21-27-26(24-14-8-20-31-24)23-12-5-2-6-13-23)29-18-16-28(17-19-29)15-7-11-22-9-3-1-4-10-22/h1-14,20,26-27H,15-19,21H2/p+2/b11-7+/t26-/m0/s1. The number of piperazine rings is 1. The Balaban J connectivity index is 1.25. The number of hydrogen-bond donors (Lipinski definition) is 2. The first-order chi connectivity index (χ1) is 15.3. The highest BCUT2D eigenvalue weighted by Gasteiger charge is 2.26. The van der Waals surface area contributed by atoms with Gasteiger partial charge in [-0.3, -0.25) is 4.79 Å². The zero-order valence-electron chi connectivity index (χ0n) is 17.8. The van der Waals surface area contributed by atoms with E-state index in [9.17, 15) is 4.79 Å². The van der Waals surface area contributed by atoms with Crippen molar-refractivity contribution in [2.24, 2.45) is 0 Å². The van der Waals surface area contributed by atoms with Gasteiger partial charge < -0.3 is 19.5 Å². The lowest BCUT2D eigenvalue weighted by atomic mass is 10.0. The molecule has 5 heteroatoms. The topological polar surface area (TPSA) is 54.5 Å². The molecule has 0 radical (unpaired) electrons. The number of benzene rings is 2.